The first-order chi connectivity index (χ1) is 19.7. The average molecular weight is 554 g/mol. The second kappa shape index (κ2) is 10.2. The lowest BCUT2D eigenvalue weighted by Gasteiger charge is -2.40. The van der Waals surface area contributed by atoms with Crippen LogP contribution in [-0.2, 0) is 11.8 Å². The molecule has 1 amide bonds. The molecule has 212 valence electrons. The standard InChI is InChI=1S/C31H35N7O3/c1-30(2,3)41-29(39)38-18-15-31(13-6-5-7-14-31)25(38)24-22(23-26(32)35-19-36-27(23)37(24)4)20-9-11-21(12-10-20)40-28-33-16-8-17-34-28/h5-6,8-12,16-17,19,25H,7,13-15,18H2,1-4H3,(H2,32,35,36). The first kappa shape index (κ1) is 26.7. The molecule has 6 rings (SSSR count). The lowest BCUT2D eigenvalue weighted by atomic mass is 9.69. The number of hydrogen-bond acceptors (Lipinski definition) is 8. The summed E-state index contributed by atoms with van der Waals surface area (Å²) < 4.78 is 13.9. The molecule has 0 bridgehead atoms. The quantitative estimate of drug-likeness (QED) is 0.296. The number of amides is 1. The van der Waals surface area contributed by atoms with Gasteiger partial charge in [0.15, 0.2) is 0 Å². The molecular formula is C31H35N7O3. The number of aryl methyl sites for hydroxylation is 1. The summed E-state index contributed by atoms with van der Waals surface area (Å²) in [4.78, 5) is 32.9. The van der Waals surface area contributed by atoms with E-state index in [2.05, 4.69) is 36.7 Å². The minimum atomic E-state index is -0.611. The molecule has 1 aromatic carbocycles. The van der Waals surface area contributed by atoms with Crippen molar-refractivity contribution in [2.45, 2.75) is 58.1 Å². The highest BCUT2D eigenvalue weighted by Gasteiger charge is 2.52. The second-order valence-electron chi connectivity index (χ2n) is 11.8. The van der Waals surface area contributed by atoms with E-state index in [-0.39, 0.29) is 23.6 Å². The van der Waals surface area contributed by atoms with Crippen molar-refractivity contribution in [2.75, 3.05) is 12.3 Å². The summed E-state index contributed by atoms with van der Waals surface area (Å²) in [6, 6.07) is 9.51. The SMILES string of the molecule is Cn1c(C2N(C(=O)OC(C)(C)C)CCC23CC=CCC3)c(-c2ccc(Oc3ncccn3)cc2)c2c(N)ncnc21. The lowest BCUT2D eigenvalue weighted by Crippen LogP contribution is -2.40. The number of nitrogens with two attached hydrogens (primary N) is 1. The Bertz CT molecular complexity index is 1610. The van der Waals surface area contributed by atoms with Crippen LogP contribution in [0.25, 0.3) is 22.2 Å². The summed E-state index contributed by atoms with van der Waals surface area (Å²) in [5, 5.41) is 0.766. The van der Waals surface area contributed by atoms with Gasteiger partial charge in [0.25, 0.3) is 0 Å². The molecule has 10 nitrogen and oxygen atoms in total. The number of benzene rings is 1. The van der Waals surface area contributed by atoms with E-state index in [4.69, 9.17) is 15.2 Å². The van der Waals surface area contributed by atoms with Gasteiger partial charge in [-0.2, -0.15) is 0 Å². The van der Waals surface area contributed by atoms with E-state index in [0.29, 0.717) is 18.1 Å². The summed E-state index contributed by atoms with van der Waals surface area (Å²) in [6.45, 7) is 6.31. The fourth-order valence-corrected chi connectivity index (χ4v) is 6.32. The van der Waals surface area contributed by atoms with Crippen molar-refractivity contribution >= 4 is 22.9 Å². The number of nitrogens with zero attached hydrogens (tertiary/aromatic N) is 6. The van der Waals surface area contributed by atoms with Crippen molar-refractivity contribution in [3.05, 3.63) is 66.9 Å². The van der Waals surface area contributed by atoms with Gasteiger partial charge in [0.2, 0.25) is 0 Å². The topological polar surface area (TPSA) is 121 Å². The Labute approximate surface area is 239 Å². The number of carbonyl (C=O) groups is 1. The Balaban J connectivity index is 1.52. The zero-order valence-electron chi connectivity index (χ0n) is 23.9. The molecule has 4 aromatic rings. The van der Waals surface area contributed by atoms with E-state index in [9.17, 15) is 4.79 Å². The van der Waals surface area contributed by atoms with Gasteiger partial charge in [0, 0.05) is 37.0 Å². The highest BCUT2D eigenvalue weighted by molar-refractivity contribution is 6.02. The van der Waals surface area contributed by atoms with Crippen LogP contribution >= 0.6 is 0 Å². The predicted molar refractivity (Wildman–Crippen MR) is 156 cm³/mol. The Hall–Kier alpha value is -4.47. The van der Waals surface area contributed by atoms with E-state index in [1.165, 1.54) is 6.33 Å². The molecule has 1 aliphatic heterocycles. The van der Waals surface area contributed by atoms with Crippen molar-refractivity contribution in [3.63, 3.8) is 0 Å². The number of fused-ring (bicyclic) bond motifs is 1. The van der Waals surface area contributed by atoms with E-state index in [1.54, 1.807) is 18.5 Å². The summed E-state index contributed by atoms with van der Waals surface area (Å²) in [5.74, 6) is 1.00. The van der Waals surface area contributed by atoms with Crippen LogP contribution in [0.3, 0.4) is 0 Å². The maximum absolute atomic E-state index is 13.7. The van der Waals surface area contributed by atoms with Crippen LogP contribution in [0.15, 0.2) is 61.2 Å². The molecule has 2 N–H and O–H groups in total. The van der Waals surface area contributed by atoms with Gasteiger partial charge < -0.3 is 19.8 Å². The summed E-state index contributed by atoms with van der Waals surface area (Å²) in [5.41, 5.74) is 9.32. The van der Waals surface area contributed by atoms with Gasteiger partial charge in [-0.1, -0.05) is 24.3 Å². The third-order valence-corrected chi connectivity index (χ3v) is 8.07. The van der Waals surface area contributed by atoms with Gasteiger partial charge in [-0.15, -0.1) is 0 Å². The normalized spacial score (nSPS) is 20.6. The molecule has 1 fully saturated rings. The third kappa shape index (κ3) is 4.87. The minimum absolute atomic E-state index is 0.140. The van der Waals surface area contributed by atoms with Crippen LogP contribution < -0.4 is 10.5 Å². The minimum Gasteiger partial charge on any atom is -0.444 e. The molecule has 2 unspecified atom stereocenters. The number of aromatic nitrogens is 5. The predicted octanol–water partition coefficient (Wildman–Crippen LogP) is 6.21. The smallest absolute Gasteiger partial charge is 0.410 e. The van der Waals surface area contributed by atoms with Crippen LogP contribution in [0.4, 0.5) is 10.6 Å². The Kier molecular flexibility index (Phi) is 6.63. The number of allylic oxidation sites excluding steroid dienone is 2. The Morgan fingerprint density at radius 1 is 1.05 bits per heavy atom. The number of anilines is 1. The molecular weight excluding hydrogens is 518 g/mol. The number of carbonyl (C=O) groups excluding carboxylic acids is 1. The van der Waals surface area contributed by atoms with Crippen molar-refractivity contribution < 1.29 is 14.3 Å². The van der Waals surface area contributed by atoms with Crippen LogP contribution in [0.1, 0.15) is 58.2 Å². The van der Waals surface area contributed by atoms with E-state index >= 15 is 0 Å². The molecule has 41 heavy (non-hydrogen) atoms. The molecule has 3 aromatic heterocycles. The molecule has 1 spiro atoms. The van der Waals surface area contributed by atoms with E-state index in [0.717, 1.165) is 53.5 Å². The highest BCUT2D eigenvalue weighted by Crippen LogP contribution is 2.57. The molecule has 2 atom stereocenters. The molecule has 0 radical (unpaired) electrons. The van der Waals surface area contributed by atoms with Gasteiger partial charge in [0.05, 0.1) is 17.1 Å². The zero-order valence-corrected chi connectivity index (χ0v) is 23.9. The number of nitrogen functional groups attached to an aromatic ring is 1. The van der Waals surface area contributed by atoms with Crippen LogP contribution in [0.5, 0.6) is 11.8 Å². The monoisotopic (exact) mass is 553 g/mol. The number of rotatable bonds is 4. The maximum atomic E-state index is 13.7. The maximum Gasteiger partial charge on any atom is 0.410 e. The number of ether oxygens (including phenoxy) is 2. The first-order valence-electron chi connectivity index (χ1n) is 14.0. The molecule has 2 aliphatic rings. The largest absolute Gasteiger partial charge is 0.444 e. The number of likely N-dealkylation sites (tertiary alicyclic amines) is 1. The second-order valence-corrected chi connectivity index (χ2v) is 11.8. The average Bonchev–Trinajstić information content (AvgIpc) is 3.44. The van der Waals surface area contributed by atoms with Crippen molar-refractivity contribution in [2.24, 2.45) is 12.5 Å². The molecule has 4 heterocycles. The van der Waals surface area contributed by atoms with Gasteiger partial charge >= 0.3 is 12.1 Å². The van der Waals surface area contributed by atoms with Gasteiger partial charge in [-0.05, 0) is 70.2 Å². The summed E-state index contributed by atoms with van der Waals surface area (Å²) in [7, 11) is 2.00. The van der Waals surface area contributed by atoms with Crippen LogP contribution in [-0.4, -0.2) is 47.6 Å². The van der Waals surface area contributed by atoms with Gasteiger partial charge in [-0.25, -0.2) is 24.7 Å². The van der Waals surface area contributed by atoms with Gasteiger partial charge in [0.1, 0.15) is 29.1 Å². The summed E-state index contributed by atoms with van der Waals surface area (Å²) in [6.07, 6.45) is 12.6. The van der Waals surface area contributed by atoms with E-state index in [1.807, 2.05) is 57.0 Å². The van der Waals surface area contributed by atoms with E-state index < -0.39 is 5.60 Å². The molecule has 10 heteroatoms. The zero-order chi connectivity index (χ0) is 28.8. The van der Waals surface area contributed by atoms with Crippen molar-refractivity contribution in [1.29, 1.82) is 0 Å². The first-order valence-corrected chi connectivity index (χ1v) is 14.0. The lowest BCUT2D eigenvalue weighted by molar-refractivity contribution is 0.0141. The molecule has 1 aliphatic carbocycles. The fourth-order valence-electron chi connectivity index (χ4n) is 6.32. The summed E-state index contributed by atoms with van der Waals surface area (Å²) >= 11 is 0. The van der Waals surface area contributed by atoms with Gasteiger partial charge in [-0.3, -0.25) is 4.90 Å². The van der Waals surface area contributed by atoms with Crippen LogP contribution in [0.2, 0.25) is 0 Å². The Morgan fingerprint density at radius 2 is 1.80 bits per heavy atom. The van der Waals surface area contributed by atoms with Crippen molar-refractivity contribution in [3.8, 4) is 22.9 Å². The Morgan fingerprint density at radius 3 is 2.49 bits per heavy atom. The fraction of sp³-hybridized carbons (Fsp3) is 0.387. The van der Waals surface area contributed by atoms with Crippen molar-refractivity contribution in [1.82, 2.24) is 29.4 Å². The molecule has 0 saturated carbocycles. The third-order valence-electron chi connectivity index (χ3n) is 8.07. The number of hydrogen-bond donors (Lipinski definition) is 1. The molecule has 1 saturated heterocycles. The highest BCUT2D eigenvalue weighted by atomic mass is 16.6. The van der Waals surface area contributed by atoms with Crippen LogP contribution in [0, 0.1) is 5.41 Å².